The van der Waals surface area contributed by atoms with Crippen LogP contribution in [0.3, 0.4) is 0 Å². The summed E-state index contributed by atoms with van der Waals surface area (Å²) >= 11 is 0. The van der Waals surface area contributed by atoms with Crippen LogP contribution in [-0.4, -0.2) is 66.2 Å². The van der Waals surface area contributed by atoms with Gasteiger partial charge in [0.2, 0.25) is 5.91 Å². The number of rotatable bonds is 3. The Bertz CT molecular complexity index is 340. The minimum atomic E-state index is -0.514. The lowest BCUT2D eigenvalue weighted by atomic mass is 10.1. The Morgan fingerprint density at radius 3 is 2.42 bits per heavy atom. The van der Waals surface area contributed by atoms with Crippen LogP contribution in [0, 0.1) is 0 Å². The van der Waals surface area contributed by atoms with E-state index >= 15 is 0 Å². The Morgan fingerprint density at radius 1 is 1.32 bits per heavy atom. The summed E-state index contributed by atoms with van der Waals surface area (Å²) in [5.74, 6) is -0.385. The molecule has 7 heteroatoms. The first kappa shape index (κ1) is 15.7. The third-order valence-corrected chi connectivity index (χ3v) is 2.89. The standard InChI is InChI=1S/C12H24N4O3/c1-12(2,3)19-11(18)16-5-4-15(8-10(14)17)9(6-13)7-16/h9H,4-8,13H2,1-3H3,(H2,14,17). The van der Waals surface area contributed by atoms with E-state index in [9.17, 15) is 9.59 Å². The SMILES string of the molecule is CC(C)(C)OC(=O)N1CCN(CC(N)=O)C(CN)C1. The molecular weight excluding hydrogens is 248 g/mol. The number of hydrogen-bond donors (Lipinski definition) is 2. The van der Waals surface area contributed by atoms with E-state index in [2.05, 4.69) is 0 Å². The van der Waals surface area contributed by atoms with Crippen LogP contribution in [0.5, 0.6) is 0 Å². The Labute approximate surface area is 113 Å². The maximum absolute atomic E-state index is 12.0. The largest absolute Gasteiger partial charge is 0.444 e. The molecular formula is C12H24N4O3. The second-order valence-corrected chi connectivity index (χ2v) is 5.75. The third-order valence-electron chi connectivity index (χ3n) is 2.89. The minimum absolute atomic E-state index is 0.0613. The lowest BCUT2D eigenvalue weighted by Crippen LogP contribution is -2.59. The second kappa shape index (κ2) is 6.21. The van der Waals surface area contributed by atoms with Gasteiger partial charge in [0.25, 0.3) is 0 Å². The smallest absolute Gasteiger partial charge is 0.410 e. The molecule has 1 aliphatic heterocycles. The third kappa shape index (κ3) is 5.04. The molecule has 2 amide bonds. The van der Waals surface area contributed by atoms with Crippen molar-refractivity contribution >= 4 is 12.0 Å². The Hall–Kier alpha value is -1.34. The number of ether oxygens (including phenoxy) is 1. The predicted molar refractivity (Wildman–Crippen MR) is 71.4 cm³/mol. The van der Waals surface area contributed by atoms with Crippen molar-refractivity contribution in [2.45, 2.75) is 32.4 Å². The van der Waals surface area contributed by atoms with Crippen LogP contribution in [0.1, 0.15) is 20.8 Å². The number of primary amides is 1. The van der Waals surface area contributed by atoms with Gasteiger partial charge in [-0.1, -0.05) is 0 Å². The van der Waals surface area contributed by atoms with E-state index in [-0.39, 0.29) is 24.6 Å². The Balaban J connectivity index is 2.58. The minimum Gasteiger partial charge on any atom is -0.444 e. The van der Waals surface area contributed by atoms with Gasteiger partial charge in [0.1, 0.15) is 5.60 Å². The fraction of sp³-hybridized carbons (Fsp3) is 0.833. The fourth-order valence-electron chi connectivity index (χ4n) is 2.02. The van der Waals surface area contributed by atoms with E-state index in [4.69, 9.17) is 16.2 Å². The van der Waals surface area contributed by atoms with E-state index in [1.807, 2.05) is 25.7 Å². The predicted octanol–water partition coefficient (Wildman–Crippen LogP) is -0.648. The summed E-state index contributed by atoms with van der Waals surface area (Å²) in [4.78, 5) is 26.5. The number of carbonyl (C=O) groups excluding carboxylic acids is 2. The first-order chi connectivity index (χ1) is 8.73. The molecule has 0 aromatic rings. The normalized spacial score (nSPS) is 21.3. The van der Waals surface area contributed by atoms with Gasteiger partial charge in [0.05, 0.1) is 6.54 Å². The quantitative estimate of drug-likeness (QED) is 0.711. The maximum atomic E-state index is 12.0. The average Bonchev–Trinajstić information content (AvgIpc) is 2.26. The Morgan fingerprint density at radius 2 is 1.95 bits per heavy atom. The molecule has 0 bridgehead atoms. The molecule has 0 aromatic carbocycles. The fourth-order valence-corrected chi connectivity index (χ4v) is 2.02. The molecule has 1 fully saturated rings. The molecule has 0 aliphatic carbocycles. The van der Waals surface area contributed by atoms with Crippen LogP contribution >= 0.6 is 0 Å². The molecule has 1 rings (SSSR count). The van der Waals surface area contributed by atoms with Gasteiger partial charge < -0.3 is 21.1 Å². The van der Waals surface area contributed by atoms with Crippen LogP contribution in [0.15, 0.2) is 0 Å². The molecule has 0 aromatic heterocycles. The molecule has 0 saturated carbocycles. The molecule has 110 valence electrons. The van der Waals surface area contributed by atoms with Crippen molar-refractivity contribution in [3.8, 4) is 0 Å². The number of nitrogens with zero attached hydrogens (tertiary/aromatic N) is 2. The van der Waals surface area contributed by atoms with Crippen LogP contribution in [-0.2, 0) is 9.53 Å². The summed E-state index contributed by atoms with van der Waals surface area (Å²) in [7, 11) is 0. The van der Waals surface area contributed by atoms with Crippen LogP contribution in [0.4, 0.5) is 4.79 Å². The van der Waals surface area contributed by atoms with Gasteiger partial charge in [0.15, 0.2) is 0 Å². The van der Waals surface area contributed by atoms with Crippen LogP contribution in [0.25, 0.3) is 0 Å². The molecule has 7 nitrogen and oxygen atoms in total. The van der Waals surface area contributed by atoms with Gasteiger partial charge in [-0.15, -0.1) is 0 Å². The van der Waals surface area contributed by atoms with Crippen molar-refractivity contribution in [1.29, 1.82) is 0 Å². The van der Waals surface area contributed by atoms with Gasteiger partial charge in [-0.3, -0.25) is 9.69 Å². The summed E-state index contributed by atoms with van der Waals surface area (Å²) in [6, 6.07) is -0.0613. The van der Waals surface area contributed by atoms with E-state index in [1.165, 1.54) is 0 Å². The molecule has 4 N–H and O–H groups in total. The summed E-state index contributed by atoms with van der Waals surface area (Å²) in [6.45, 7) is 7.57. The molecule has 1 saturated heterocycles. The average molecular weight is 272 g/mol. The van der Waals surface area contributed by atoms with E-state index in [1.54, 1.807) is 4.90 Å². The number of nitrogens with two attached hydrogens (primary N) is 2. The van der Waals surface area contributed by atoms with Gasteiger partial charge in [-0.05, 0) is 20.8 Å². The molecule has 1 unspecified atom stereocenters. The van der Waals surface area contributed by atoms with Crippen molar-refractivity contribution in [1.82, 2.24) is 9.80 Å². The maximum Gasteiger partial charge on any atom is 0.410 e. The lowest BCUT2D eigenvalue weighted by Gasteiger charge is -2.40. The monoisotopic (exact) mass is 272 g/mol. The summed E-state index contributed by atoms with van der Waals surface area (Å²) in [5.41, 5.74) is 10.4. The van der Waals surface area contributed by atoms with Crippen molar-refractivity contribution < 1.29 is 14.3 Å². The highest BCUT2D eigenvalue weighted by Crippen LogP contribution is 2.14. The first-order valence-electron chi connectivity index (χ1n) is 6.43. The summed E-state index contributed by atoms with van der Waals surface area (Å²) in [5, 5.41) is 0. The van der Waals surface area contributed by atoms with Gasteiger partial charge in [-0.25, -0.2) is 4.79 Å². The zero-order valence-corrected chi connectivity index (χ0v) is 11.9. The van der Waals surface area contributed by atoms with Crippen molar-refractivity contribution in [3.63, 3.8) is 0 Å². The Kier molecular flexibility index (Phi) is 5.13. The number of amides is 2. The second-order valence-electron chi connectivity index (χ2n) is 5.75. The number of carbonyl (C=O) groups is 2. The first-order valence-corrected chi connectivity index (χ1v) is 6.43. The van der Waals surface area contributed by atoms with Crippen LogP contribution < -0.4 is 11.5 Å². The molecule has 1 atom stereocenters. The molecule has 1 aliphatic rings. The zero-order valence-electron chi connectivity index (χ0n) is 11.9. The van der Waals surface area contributed by atoms with E-state index in [0.29, 0.717) is 26.2 Å². The van der Waals surface area contributed by atoms with Crippen LogP contribution in [0.2, 0.25) is 0 Å². The molecule has 0 radical (unpaired) electrons. The van der Waals surface area contributed by atoms with Crippen molar-refractivity contribution in [2.24, 2.45) is 11.5 Å². The zero-order chi connectivity index (χ0) is 14.6. The molecule has 1 heterocycles. The highest BCUT2D eigenvalue weighted by Gasteiger charge is 2.31. The molecule has 19 heavy (non-hydrogen) atoms. The summed E-state index contributed by atoms with van der Waals surface area (Å²) < 4.78 is 5.32. The van der Waals surface area contributed by atoms with Crippen molar-refractivity contribution in [3.05, 3.63) is 0 Å². The van der Waals surface area contributed by atoms with Gasteiger partial charge in [0, 0.05) is 32.2 Å². The van der Waals surface area contributed by atoms with E-state index < -0.39 is 5.60 Å². The number of piperazine rings is 1. The number of hydrogen-bond acceptors (Lipinski definition) is 5. The highest BCUT2D eigenvalue weighted by atomic mass is 16.6. The molecule has 0 spiro atoms. The van der Waals surface area contributed by atoms with Crippen molar-refractivity contribution in [2.75, 3.05) is 32.7 Å². The highest BCUT2D eigenvalue weighted by molar-refractivity contribution is 5.76. The summed E-state index contributed by atoms with van der Waals surface area (Å²) in [6.07, 6.45) is -0.343. The van der Waals surface area contributed by atoms with Gasteiger partial charge >= 0.3 is 6.09 Å². The van der Waals surface area contributed by atoms with Gasteiger partial charge in [-0.2, -0.15) is 0 Å². The lowest BCUT2D eigenvalue weighted by molar-refractivity contribution is -0.120. The topological polar surface area (TPSA) is 102 Å². The van der Waals surface area contributed by atoms with E-state index in [0.717, 1.165) is 0 Å².